The molecule has 4 rings (SSSR count). The Bertz CT molecular complexity index is 967. The Kier molecular flexibility index (Phi) is 6.76. The molecule has 8 heteroatoms. The maximum absolute atomic E-state index is 5.94. The van der Waals surface area contributed by atoms with Crippen LogP contribution in [0.2, 0.25) is 0 Å². The zero-order valence-electron chi connectivity index (χ0n) is 17.5. The molecule has 0 saturated carbocycles. The van der Waals surface area contributed by atoms with Crippen molar-refractivity contribution in [3.05, 3.63) is 69.9 Å². The van der Waals surface area contributed by atoms with Gasteiger partial charge in [-0.15, -0.1) is 11.3 Å². The van der Waals surface area contributed by atoms with Crippen LogP contribution in [0.1, 0.15) is 27.9 Å². The predicted molar refractivity (Wildman–Crippen MR) is 120 cm³/mol. The maximum atomic E-state index is 5.94. The zero-order chi connectivity index (χ0) is 20.8. The standard InChI is InChI=1S/C22H28N6OS/c1-23-22(28-10-11-29-20(15-28)18-12-25-27(2)14-18)24-13-19-16-30-21(26-19)9-8-17-6-4-3-5-7-17/h3-7,12,14,16,20H,8-11,13,15H2,1-2H3,(H,23,24). The first kappa shape index (κ1) is 20.6. The van der Waals surface area contributed by atoms with Gasteiger partial charge in [-0.2, -0.15) is 5.10 Å². The second kappa shape index (κ2) is 9.86. The second-order valence-corrected chi connectivity index (χ2v) is 8.31. The van der Waals surface area contributed by atoms with Crippen LogP contribution >= 0.6 is 11.3 Å². The van der Waals surface area contributed by atoms with Gasteiger partial charge in [0.2, 0.25) is 0 Å². The van der Waals surface area contributed by atoms with Crippen LogP contribution in [0.3, 0.4) is 0 Å². The highest BCUT2D eigenvalue weighted by molar-refractivity contribution is 7.09. The summed E-state index contributed by atoms with van der Waals surface area (Å²) in [6.45, 7) is 2.91. The fraction of sp³-hybridized carbons (Fsp3) is 0.409. The predicted octanol–water partition coefficient (Wildman–Crippen LogP) is 2.81. The van der Waals surface area contributed by atoms with Crippen molar-refractivity contribution in [3.63, 3.8) is 0 Å². The van der Waals surface area contributed by atoms with Crippen molar-refractivity contribution in [1.82, 2.24) is 25.0 Å². The van der Waals surface area contributed by atoms with Gasteiger partial charge in [0.05, 0.1) is 36.6 Å². The molecular formula is C22H28N6OS. The Morgan fingerprint density at radius 1 is 1.30 bits per heavy atom. The maximum Gasteiger partial charge on any atom is 0.194 e. The lowest BCUT2D eigenvalue weighted by molar-refractivity contribution is -0.00805. The van der Waals surface area contributed by atoms with Crippen molar-refractivity contribution >= 4 is 17.3 Å². The number of aromatic nitrogens is 3. The fourth-order valence-corrected chi connectivity index (χ4v) is 4.39. The Balaban J connectivity index is 1.29. The number of aliphatic imine (C=N–C) groups is 1. The van der Waals surface area contributed by atoms with E-state index in [4.69, 9.17) is 9.72 Å². The lowest BCUT2D eigenvalue weighted by Crippen LogP contribution is -2.47. The molecule has 0 amide bonds. The van der Waals surface area contributed by atoms with E-state index in [9.17, 15) is 0 Å². The summed E-state index contributed by atoms with van der Waals surface area (Å²) in [6, 6.07) is 10.6. The molecule has 0 radical (unpaired) electrons. The van der Waals surface area contributed by atoms with Gasteiger partial charge in [0.15, 0.2) is 5.96 Å². The molecular weight excluding hydrogens is 396 g/mol. The number of thiazole rings is 1. The monoisotopic (exact) mass is 424 g/mol. The molecule has 2 aromatic heterocycles. The number of rotatable bonds is 6. The summed E-state index contributed by atoms with van der Waals surface area (Å²) < 4.78 is 7.75. The first-order valence-corrected chi connectivity index (χ1v) is 11.1. The molecule has 0 aliphatic carbocycles. The third-order valence-electron chi connectivity index (χ3n) is 5.17. The van der Waals surface area contributed by atoms with Gasteiger partial charge < -0.3 is 15.0 Å². The van der Waals surface area contributed by atoms with Gasteiger partial charge in [-0.1, -0.05) is 30.3 Å². The number of hydrogen-bond donors (Lipinski definition) is 1. The van der Waals surface area contributed by atoms with Crippen molar-refractivity contribution in [1.29, 1.82) is 0 Å². The SMILES string of the molecule is CN=C(NCc1csc(CCc2ccccc2)n1)N1CCOC(c2cnn(C)c2)C1. The molecule has 1 unspecified atom stereocenters. The van der Waals surface area contributed by atoms with Crippen molar-refractivity contribution in [2.45, 2.75) is 25.5 Å². The van der Waals surface area contributed by atoms with Crippen LogP contribution in [-0.4, -0.2) is 52.4 Å². The van der Waals surface area contributed by atoms with E-state index < -0.39 is 0 Å². The van der Waals surface area contributed by atoms with Crippen LogP contribution in [0.15, 0.2) is 53.1 Å². The summed E-state index contributed by atoms with van der Waals surface area (Å²) in [5.41, 5.74) is 3.50. The van der Waals surface area contributed by atoms with Gasteiger partial charge in [-0.25, -0.2) is 4.98 Å². The molecule has 7 nitrogen and oxygen atoms in total. The van der Waals surface area contributed by atoms with Gasteiger partial charge in [0, 0.05) is 44.2 Å². The van der Waals surface area contributed by atoms with Crippen LogP contribution in [0.5, 0.6) is 0 Å². The smallest absolute Gasteiger partial charge is 0.194 e. The van der Waals surface area contributed by atoms with E-state index in [1.54, 1.807) is 11.3 Å². The quantitative estimate of drug-likeness (QED) is 0.487. The molecule has 1 atom stereocenters. The Hall–Kier alpha value is -2.71. The minimum absolute atomic E-state index is 0.00913. The highest BCUT2D eigenvalue weighted by atomic mass is 32.1. The Morgan fingerprint density at radius 2 is 2.17 bits per heavy atom. The first-order chi connectivity index (χ1) is 14.7. The third-order valence-corrected chi connectivity index (χ3v) is 6.13. The molecule has 3 aromatic rings. The number of ether oxygens (including phenoxy) is 1. The number of aryl methyl sites for hydroxylation is 3. The van der Waals surface area contributed by atoms with E-state index in [0.717, 1.165) is 43.1 Å². The molecule has 1 fully saturated rings. The van der Waals surface area contributed by atoms with Crippen LogP contribution in [0, 0.1) is 0 Å². The fourth-order valence-electron chi connectivity index (χ4n) is 3.59. The van der Waals surface area contributed by atoms with E-state index in [-0.39, 0.29) is 6.10 Å². The van der Waals surface area contributed by atoms with E-state index in [0.29, 0.717) is 13.2 Å². The number of morpholine rings is 1. The summed E-state index contributed by atoms with van der Waals surface area (Å²) >= 11 is 1.73. The van der Waals surface area contributed by atoms with Crippen LogP contribution in [0.25, 0.3) is 0 Å². The number of nitrogens with zero attached hydrogens (tertiary/aromatic N) is 5. The number of guanidine groups is 1. The molecule has 1 aliphatic heterocycles. The van der Waals surface area contributed by atoms with E-state index in [2.05, 4.69) is 56.0 Å². The lowest BCUT2D eigenvalue weighted by atomic mass is 10.1. The van der Waals surface area contributed by atoms with Crippen molar-refractivity contribution in [2.24, 2.45) is 12.0 Å². The molecule has 0 bridgehead atoms. The minimum Gasteiger partial charge on any atom is -0.370 e. The van der Waals surface area contributed by atoms with Crippen LogP contribution in [-0.2, 0) is 31.2 Å². The summed E-state index contributed by atoms with van der Waals surface area (Å²) in [5.74, 6) is 0.881. The van der Waals surface area contributed by atoms with Gasteiger partial charge in [0.1, 0.15) is 6.10 Å². The highest BCUT2D eigenvalue weighted by Gasteiger charge is 2.25. The second-order valence-electron chi connectivity index (χ2n) is 7.37. The third kappa shape index (κ3) is 5.25. The highest BCUT2D eigenvalue weighted by Crippen LogP contribution is 2.21. The van der Waals surface area contributed by atoms with Crippen LogP contribution in [0.4, 0.5) is 0 Å². The largest absolute Gasteiger partial charge is 0.370 e. The van der Waals surface area contributed by atoms with Crippen molar-refractivity contribution in [3.8, 4) is 0 Å². The average molecular weight is 425 g/mol. The van der Waals surface area contributed by atoms with Gasteiger partial charge in [-0.05, 0) is 12.0 Å². The molecule has 30 heavy (non-hydrogen) atoms. The normalized spacial score (nSPS) is 17.3. The first-order valence-electron chi connectivity index (χ1n) is 10.2. The molecule has 158 valence electrons. The lowest BCUT2D eigenvalue weighted by Gasteiger charge is -2.34. The molecule has 1 N–H and O–H groups in total. The van der Waals surface area contributed by atoms with E-state index in [1.165, 1.54) is 10.6 Å². The molecule has 1 aliphatic rings. The Labute approximate surface area is 181 Å². The summed E-state index contributed by atoms with van der Waals surface area (Å²) in [4.78, 5) is 11.5. The van der Waals surface area contributed by atoms with Gasteiger partial charge in [0.25, 0.3) is 0 Å². The number of benzene rings is 1. The van der Waals surface area contributed by atoms with E-state index in [1.807, 2.05) is 31.2 Å². The summed E-state index contributed by atoms with van der Waals surface area (Å²) in [6.07, 6.45) is 5.88. The van der Waals surface area contributed by atoms with E-state index >= 15 is 0 Å². The average Bonchev–Trinajstić information content (AvgIpc) is 3.43. The molecule has 1 saturated heterocycles. The molecule has 3 heterocycles. The number of nitrogens with one attached hydrogen (secondary N) is 1. The van der Waals surface area contributed by atoms with Gasteiger partial charge >= 0.3 is 0 Å². The molecule has 0 spiro atoms. The number of hydrogen-bond acceptors (Lipinski definition) is 5. The molecule has 1 aromatic carbocycles. The minimum atomic E-state index is 0.00913. The van der Waals surface area contributed by atoms with Gasteiger partial charge in [-0.3, -0.25) is 9.67 Å². The summed E-state index contributed by atoms with van der Waals surface area (Å²) in [5, 5.41) is 11.0. The zero-order valence-corrected chi connectivity index (χ0v) is 18.3. The van der Waals surface area contributed by atoms with Crippen molar-refractivity contribution < 1.29 is 4.74 Å². The Morgan fingerprint density at radius 3 is 2.93 bits per heavy atom. The summed E-state index contributed by atoms with van der Waals surface area (Å²) in [7, 11) is 3.75. The van der Waals surface area contributed by atoms with Crippen molar-refractivity contribution in [2.75, 3.05) is 26.7 Å². The van der Waals surface area contributed by atoms with Crippen LogP contribution < -0.4 is 5.32 Å². The topological polar surface area (TPSA) is 67.6 Å².